The summed E-state index contributed by atoms with van der Waals surface area (Å²) < 4.78 is 16.7. The van der Waals surface area contributed by atoms with Gasteiger partial charge < -0.3 is 15.4 Å². The number of rotatable bonds is 8. The first kappa shape index (κ1) is 28.1. The molecule has 5 heterocycles. The highest BCUT2D eigenvalue weighted by Crippen LogP contribution is 2.44. The molecule has 13 nitrogen and oxygen atoms in total. The first-order chi connectivity index (χ1) is 20.8. The summed E-state index contributed by atoms with van der Waals surface area (Å²) >= 11 is 0. The van der Waals surface area contributed by atoms with Gasteiger partial charge in [-0.2, -0.15) is 4.39 Å². The van der Waals surface area contributed by atoms with Crippen LogP contribution >= 0.6 is 0 Å². The van der Waals surface area contributed by atoms with Gasteiger partial charge in [0, 0.05) is 50.1 Å². The number of imidazole rings is 1. The summed E-state index contributed by atoms with van der Waals surface area (Å²) in [5.41, 5.74) is 2.83. The molecule has 3 fully saturated rings. The van der Waals surface area contributed by atoms with Gasteiger partial charge in [-0.15, -0.1) is 0 Å². The van der Waals surface area contributed by atoms with Crippen molar-refractivity contribution in [3.05, 3.63) is 65.6 Å². The number of carbonyl (C=O) groups is 3. The summed E-state index contributed by atoms with van der Waals surface area (Å²) in [5, 5.41) is 5.97. The number of nitrogens with one attached hydrogen (secondary N) is 2. The molecule has 2 N–H and O–H groups in total. The molecule has 0 spiro atoms. The summed E-state index contributed by atoms with van der Waals surface area (Å²) in [6, 6.07) is 4.98. The van der Waals surface area contributed by atoms with Crippen molar-refractivity contribution in [1.29, 1.82) is 0 Å². The van der Waals surface area contributed by atoms with Crippen LogP contribution in [0.15, 0.2) is 36.9 Å². The number of anilines is 3. The molecule has 222 valence electrons. The second-order valence-corrected chi connectivity index (χ2v) is 10.9. The molecule has 4 aromatic heterocycles. The fraction of sp³-hybridized carbons (Fsp3) is 0.379. The van der Waals surface area contributed by atoms with Gasteiger partial charge in [-0.05, 0) is 49.8 Å². The highest BCUT2D eigenvalue weighted by atomic mass is 19.1. The van der Waals surface area contributed by atoms with E-state index < -0.39 is 12.0 Å². The summed E-state index contributed by atoms with van der Waals surface area (Å²) in [6.07, 6.45) is 8.84. The molecule has 7 rings (SSSR count). The van der Waals surface area contributed by atoms with Crippen LogP contribution in [0.1, 0.15) is 53.9 Å². The summed E-state index contributed by atoms with van der Waals surface area (Å²) in [5.74, 6) is 1.96. The van der Waals surface area contributed by atoms with Gasteiger partial charge in [-0.3, -0.25) is 19.0 Å². The predicted octanol–water partition coefficient (Wildman–Crippen LogP) is 3.28. The number of carbonyl (C=O) groups excluding carboxylic acids is 3. The minimum absolute atomic E-state index is 0.0884. The normalized spacial score (nSPS) is 19.3. The van der Waals surface area contributed by atoms with Gasteiger partial charge in [0.25, 0.3) is 0 Å². The highest BCUT2D eigenvalue weighted by Gasteiger charge is 2.40. The molecule has 1 aliphatic heterocycles. The third-order valence-corrected chi connectivity index (χ3v) is 7.77. The summed E-state index contributed by atoms with van der Waals surface area (Å²) in [7, 11) is 3.18. The quantitative estimate of drug-likeness (QED) is 0.233. The lowest BCUT2D eigenvalue weighted by Crippen LogP contribution is -2.30. The number of nitrogens with zero attached hydrogens (tertiary/aromatic N) is 8. The average molecular weight is 587 g/mol. The second kappa shape index (κ2) is 11.3. The zero-order valence-corrected chi connectivity index (χ0v) is 24.0. The van der Waals surface area contributed by atoms with Crippen LogP contribution in [0.3, 0.4) is 0 Å². The number of halogens is 1. The van der Waals surface area contributed by atoms with E-state index in [1.165, 1.54) is 22.7 Å². The first-order valence-electron chi connectivity index (χ1n) is 14.0. The molecule has 0 aromatic carbocycles. The topological polar surface area (TPSA) is 151 Å². The van der Waals surface area contributed by atoms with Crippen molar-refractivity contribution in [3.8, 4) is 0 Å². The van der Waals surface area contributed by atoms with Gasteiger partial charge in [0.05, 0.1) is 12.2 Å². The maximum absolute atomic E-state index is 15.3. The van der Waals surface area contributed by atoms with Crippen molar-refractivity contribution in [3.63, 3.8) is 0 Å². The maximum atomic E-state index is 15.3. The minimum Gasteiger partial charge on any atom is -0.373 e. The first-order valence-corrected chi connectivity index (χ1v) is 14.0. The third-order valence-electron chi connectivity index (χ3n) is 7.77. The second-order valence-electron chi connectivity index (χ2n) is 10.9. The number of imide groups is 1. The van der Waals surface area contributed by atoms with E-state index in [1.807, 2.05) is 19.1 Å². The zero-order chi connectivity index (χ0) is 30.2. The van der Waals surface area contributed by atoms with Gasteiger partial charge in [-0.25, -0.2) is 29.7 Å². The van der Waals surface area contributed by atoms with Crippen LogP contribution < -0.4 is 15.5 Å². The fourth-order valence-corrected chi connectivity index (χ4v) is 4.98. The van der Waals surface area contributed by atoms with Gasteiger partial charge in [0.15, 0.2) is 5.65 Å². The van der Waals surface area contributed by atoms with Crippen LogP contribution in [-0.4, -0.2) is 73.1 Å². The van der Waals surface area contributed by atoms with Crippen molar-refractivity contribution in [2.24, 2.45) is 5.92 Å². The average Bonchev–Trinajstić information content (AvgIpc) is 3.95. The number of aromatic nitrogens is 6. The van der Waals surface area contributed by atoms with E-state index in [1.54, 1.807) is 25.5 Å². The van der Waals surface area contributed by atoms with Gasteiger partial charge in [0.2, 0.25) is 11.9 Å². The highest BCUT2D eigenvalue weighted by molar-refractivity contribution is 6.13. The molecule has 1 unspecified atom stereocenters. The van der Waals surface area contributed by atoms with Crippen molar-refractivity contribution >= 4 is 41.2 Å². The van der Waals surface area contributed by atoms with Crippen molar-refractivity contribution in [2.45, 2.75) is 44.6 Å². The standard InChI is InChI=1S/C20H21FN8O2.C9H10N2O/c1-22-15-6-16(25-10-24-15)23-7-13-18(21)29-8-12(11-3-4-11)5-14(19(29)26-13)28-9-17(30)27(2)20(28)31;1-6-2-3-10-9(11-6)8-4-7(8)5-12/h5-6,8,10-11H,3-4,7,9H2,1-2H3,(H2,22,23,24,25);2-3,5,7-8H,4H2,1H3/t;7?,8-/m.0/s1. The Morgan fingerprint density at radius 2 is 1.91 bits per heavy atom. The molecule has 4 aromatic rings. The molecule has 14 heteroatoms. The number of pyridine rings is 1. The van der Waals surface area contributed by atoms with Crippen molar-refractivity contribution in [1.82, 2.24) is 34.2 Å². The van der Waals surface area contributed by atoms with Gasteiger partial charge in [0.1, 0.15) is 42.3 Å². The Labute approximate surface area is 246 Å². The number of amides is 3. The van der Waals surface area contributed by atoms with E-state index in [0.717, 1.165) is 47.5 Å². The molecule has 3 amide bonds. The maximum Gasteiger partial charge on any atom is 0.331 e. The van der Waals surface area contributed by atoms with E-state index >= 15 is 4.39 Å². The lowest BCUT2D eigenvalue weighted by molar-refractivity contribution is -0.123. The van der Waals surface area contributed by atoms with Crippen LogP contribution in [0.2, 0.25) is 0 Å². The Hall–Kier alpha value is -5.01. The predicted molar refractivity (Wildman–Crippen MR) is 155 cm³/mol. The lowest BCUT2D eigenvalue weighted by atomic mass is 10.1. The molecule has 1 saturated heterocycles. The Balaban J connectivity index is 0.000000229. The van der Waals surface area contributed by atoms with Gasteiger partial charge >= 0.3 is 6.03 Å². The number of likely N-dealkylation sites (N-methyl/N-ethyl adjacent to an activating group) is 1. The Morgan fingerprint density at radius 1 is 1.12 bits per heavy atom. The Bertz CT molecular complexity index is 1720. The molecule has 2 saturated carbocycles. The molecule has 0 bridgehead atoms. The smallest absolute Gasteiger partial charge is 0.331 e. The molecule has 43 heavy (non-hydrogen) atoms. The summed E-state index contributed by atoms with van der Waals surface area (Å²) in [6.45, 7) is 1.94. The Kier molecular flexibility index (Phi) is 7.42. The largest absolute Gasteiger partial charge is 0.373 e. The van der Waals surface area contributed by atoms with E-state index in [-0.39, 0.29) is 30.6 Å². The number of aldehydes is 1. The number of hydrogen-bond donors (Lipinski definition) is 2. The van der Waals surface area contributed by atoms with Crippen molar-refractivity contribution in [2.75, 3.05) is 36.2 Å². The van der Waals surface area contributed by atoms with Crippen LogP contribution in [0, 0.1) is 18.8 Å². The van der Waals surface area contributed by atoms with E-state index in [2.05, 4.69) is 35.6 Å². The Morgan fingerprint density at radius 3 is 2.56 bits per heavy atom. The zero-order valence-electron chi connectivity index (χ0n) is 24.0. The number of fused-ring (bicyclic) bond motifs is 1. The van der Waals surface area contributed by atoms with E-state index in [9.17, 15) is 14.4 Å². The molecular weight excluding hydrogens is 555 g/mol. The van der Waals surface area contributed by atoms with Crippen LogP contribution in [0.4, 0.5) is 26.5 Å². The number of urea groups is 1. The van der Waals surface area contributed by atoms with E-state index in [4.69, 9.17) is 0 Å². The van der Waals surface area contributed by atoms with Crippen LogP contribution in [0.25, 0.3) is 5.65 Å². The lowest BCUT2D eigenvalue weighted by Gasteiger charge is -2.17. The minimum atomic E-state index is -0.513. The van der Waals surface area contributed by atoms with Crippen LogP contribution in [-0.2, 0) is 16.1 Å². The SMILES string of the molecule is CNc1cc(NCc2nc3c(N4CC(=O)N(C)C4=O)cc(C4CC4)cn3c2F)ncn1.Cc1ccnc([C@H]2CC2C=O)n1. The molecule has 2 atom stereocenters. The third kappa shape index (κ3) is 5.72. The van der Waals surface area contributed by atoms with Crippen LogP contribution in [0.5, 0.6) is 0 Å². The molecular formula is C29H31FN10O3. The molecule has 3 aliphatic rings. The fourth-order valence-electron chi connectivity index (χ4n) is 4.98. The number of hydrogen-bond acceptors (Lipinski definition) is 10. The molecule has 0 radical (unpaired) electrons. The van der Waals surface area contributed by atoms with Crippen molar-refractivity contribution < 1.29 is 18.8 Å². The monoisotopic (exact) mass is 586 g/mol. The van der Waals surface area contributed by atoms with E-state index in [0.29, 0.717) is 34.8 Å². The number of aryl methyl sites for hydroxylation is 1. The van der Waals surface area contributed by atoms with Gasteiger partial charge in [-0.1, -0.05) is 0 Å². The molecule has 2 aliphatic carbocycles. The summed E-state index contributed by atoms with van der Waals surface area (Å²) in [4.78, 5) is 58.5.